The van der Waals surface area contributed by atoms with Crippen molar-refractivity contribution in [3.63, 3.8) is 0 Å². The zero-order valence-corrected chi connectivity index (χ0v) is 12.2. The quantitative estimate of drug-likeness (QED) is 0.918. The Balaban J connectivity index is 2.20. The monoisotopic (exact) mass is 270 g/mol. The van der Waals surface area contributed by atoms with E-state index in [1.807, 2.05) is 19.2 Å². The van der Waals surface area contributed by atoms with Gasteiger partial charge in [-0.1, -0.05) is 0 Å². The fourth-order valence-corrected chi connectivity index (χ4v) is 1.75. The molecule has 0 aliphatic heterocycles. The van der Waals surface area contributed by atoms with E-state index < -0.39 is 0 Å². The van der Waals surface area contributed by atoms with Gasteiger partial charge < -0.3 is 5.32 Å². The highest BCUT2D eigenvalue weighted by molar-refractivity contribution is 5.34. The maximum absolute atomic E-state index is 8.74. The van der Waals surface area contributed by atoms with E-state index in [1.54, 1.807) is 0 Å². The van der Waals surface area contributed by atoms with Crippen molar-refractivity contribution >= 4 is 0 Å². The number of hydrogen-bond donors (Lipinski definition) is 1. The molecule has 0 spiro atoms. The van der Waals surface area contributed by atoms with Crippen LogP contribution in [0.4, 0.5) is 0 Å². The summed E-state index contributed by atoms with van der Waals surface area (Å²) >= 11 is 0. The van der Waals surface area contributed by atoms with Crippen LogP contribution in [0.3, 0.4) is 0 Å². The van der Waals surface area contributed by atoms with Crippen LogP contribution in [0, 0.1) is 18.3 Å². The molecule has 6 nitrogen and oxygen atoms in total. The van der Waals surface area contributed by atoms with Crippen LogP contribution in [-0.2, 0) is 6.54 Å². The van der Waals surface area contributed by atoms with Gasteiger partial charge >= 0.3 is 0 Å². The number of nitrogens with zero attached hydrogens (tertiary/aromatic N) is 5. The van der Waals surface area contributed by atoms with E-state index in [-0.39, 0.29) is 11.4 Å². The molecule has 0 atom stereocenters. The summed E-state index contributed by atoms with van der Waals surface area (Å²) in [5.41, 5.74) is 2.18. The second kappa shape index (κ2) is 5.39. The van der Waals surface area contributed by atoms with Gasteiger partial charge in [0.25, 0.3) is 5.82 Å². The van der Waals surface area contributed by atoms with Crippen molar-refractivity contribution in [2.45, 2.75) is 39.8 Å². The number of aromatic nitrogens is 4. The first kappa shape index (κ1) is 14.2. The summed E-state index contributed by atoms with van der Waals surface area (Å²) in [5, 5.41) is 16.2. The third-order valence-electron chi connectivity index (χ3n) is 2.74. The van der Waals surface area contributed by atoms with Gasteiger partial charge in [0, 0.05) is 18.3 Å². The second-order valence-electron chi connectivity index (χ2n) is 5.71. The average molecular weight is 270 g/mol. The van der Waals surface area contributed by atoms with Crippen LogP contribution in [0.1, 0.15) is 37.7 Å². The molecule has 20 heavy (non-hydrogen) atoms. The van der Waals surface area contributed by atoms with E-state index >= 15 is 0 Å². The first-order chi connectivity index (χ1) is 9.39. The minimum atomic E-state index is 0.0696. The first-order valence-electron chi connectivity index (χ1n) is 6.42. The highest BCUT2D eigenvalue weighted by Crippen LogP contribution is 2.12. The van der Waals surface area contributed by atoms with E-state index in [0.717, 1.165) is 17.7 Å². The summed E-state index contributed by atoms with van der Waals surface area (Å²) < 4.78 is 1.52. The molecule has 0 amide bonds. The number of hydrogen-bond acceptors (Lipinski definition) is 5. The van der Waals surface area contributed by atoms with Gasteiger partial charge in [-0.2, -0.15) is 5.26 Å². The lowest BCUT2D eigenvalue weighted by atomic mass is 10.1. The predicted molar refractivity (Wildman–Crippen MR) is 75.2 cm³/mol. The molecule has 0 unspecified atom stereocenters. The minimum Gasteiger partial charge on any atom is -0.308 e. The van der Waals surface area contributed by atoms with Gasteiger partial charge in [0.2, 0.25) is 0 Å². The molecule has 0 radical (unpaired) electrons. The number of nitriles is 1. The highest BCUT2D eigenvalue weighted by Gasteiger charge is 2.10. The van der Waals surface area contributed by atoms with Crippen LogP contribution in [0.2, 0.25) is 0 Å². The van der Waals surface area contributed by atoms with Crippen LogP contribution in [0.5, 0.6) is 0 Å². The van der Waals surface area contributed by atoms with Crippen LogP contribution in [0.15, 0.2) is 18.6 Å². The number of nitrogens with one attached hydrogen (secondary N) is 1. The summed E-state index contributed by atoms with van der Waals surface area (Å²) in [6, 6.07) is 3.97. The zero-order chi connectivity index (χ0) is 14.8. The molecule has 0 fully saturated rings. The second-order valence-corrected chi connectivity index (χ2v) is 5.71. The van der Waals surface area contributed by atoms with E-state index in [0.29, 0.717) is 5.82 Å². The molecule has 2 aromatic heterocycles. The van der Waals surface area contributed by atoms with E-state index in [9.17, 15) is 0 Å². The van der Waals surface area contributed by atoms with Gasteiger partial charge in [-0.3, -0.25) is 0 Å². The topological polar surface area (TPSA) is 79.4 Å². The van der Waals surface area contributed by atoms with E-state index in [1.165, 1.54) is 11.0 Å². The third-order valence-corrected chi connectivity index (χ3v) is 2.74. The van der Waals surface area contributed by atoms with Gasteiger partial charge in [0.05, 0.1) is 0 Å². The summed E-state index contributed by atoms with van der Waals surface area (Å²) in [7, 11) is 0. The van der Waals surface area contributed by atoms with Crippen molar-refractivity contribution < 1.29 is 0 Å². The number of aryl methyl sites for hydroxylation is 1. The molecule has 2 heterocycles. The fraction of sp³-hybridized carbons (Fsp3) is 0.429. The molecular weight excluding hydrogens is 252 g/mol. The molecule has 0 aromatic carbocycles. The summed E-state index contributed by atoms with van der Waals surface area (Å²) in [6.45, 7) is 9.11. The molecule has 6 heteroatoms. The van der Waals surface area contributed by atoms with Crippen LogP contribution >= 0.6 is 0 Å². The Bertz CT molecular complexity index is 644. The smallest absolute Gasteiger partial charge is 0.252 e. The molecule has 0 bridgehead atoms. The number of pyridine rings is 1. The van der Waals surface area contributed by atoms with Crippen LogP contribution in [-0.4, -0.2) is 25.3 Å². The maximum atomic E-state index is 8.74. The van der Waals surface area contributed by atoms with Crippen molar-refractivity contribution in [2.75, 3.05) is 0 Å². The molecular formula is C14H18N6. The average Bonchev–Trinajstić information content (AvgIpc) is 2.84. The Hall–Kier alpha value is -2.26. The Labute approximate surface area is 118 Å². The number of rotatable bonds is 3. The molecule has 0 saturated heterocycles. The van der Waals surface area contributed by atoms with Crippen molar-refractivity contribution in [1.82, 2.24) is 25.1 Å². The van der Waals surface area contributed by atoms with Gasteiger partial charge in [-0.25, -0.2) is 14.6 Å². The standard InChI is InChI=1S/C14H18N6/c1-10-5-11(8-18-14(2,3)4)7-16-13(10)20-9-17-12(6-15)19-20/h5,7,9,18H,8H2,1-4H3. The molecule has 0 saturated carbocycles. The fourth-order valence-electron chi connectivity index (χ4n) is 1.75. The Kier molecular flexibility index (Phi) is 3.81. The lowest BCUT2D eigenvalue weighted by Gasteiger charge is -2.20. The lowest BCUT2D eigenvalue weighted by molar-refractivity contribution is 0.424. The minimum absolute atomic E-state index is 0.0696. The van der Waals surface area contributed by atoms with Crippen LogP contribution < -0.4 is 5.32 Å². The molecule has 1 N–H and O–H groups in total. The SMILES string of the molecule is Cc1cc(CNC(C)(C)C)cnc1-n1cnc(C#N)n1. The Morgan fingerprint density at radius 1 is 1.35 bits per heavy atom. The largest absolute Gasteiger partial charge is 0.308 e. The third kappa shape index (κ3) is 3.39. The molecule has 2 aromatic rings. The summed E-state index contributed by atoms with van der Waals surface area (Å²) in [6.07, 6.45) is 3.32. The normalized spacial score (nSPS) is 11.3. The molecule has 104 valence electrons. The summed E-state index contributed by atoms with van der Waals surface area (Å²) in [4.78, 5) is 8.29. The van der Waals surface area contributed by atoms with Crippen molar-refractivity contribution in [2.24, 2.45) is 0 Å². The highest BCUT2D eigenvalue weighted by atomic mass is 15.4. The van der Waals surface area contributed by atoms with Gasteiger partial charge in [-0.05, 0) is 44.9 Å². The van der Waals surface area contributed by atoms with Gasteiger partial charge in [0.15, 0.2) is 5.82 Å². The van der Waals surface area contributed by atoms with Gasteiger partial charge in [0.1, 0.15) is 12.4 Å². The van der Waals surface area contributed by atoms with E-state index in [4.69, 9.17) is 5.26 Å². The van der Waals surface area contributed by atoms with E-state index in [2.05, 4.69) is 47.2 Å². The molecule has 0 aliphatic rings. The Morgan fingerprint density at radius 2 is 2.10 bits per heavy atom. The van der Waals surface area contributed by atoms with Crippen LogP contribution in [0.25, 0.3) is 5.82 Å². The molecule has 2 rings (SSSR count). The predicted octanol–water partition coefficient (Wildman–Crippen LogP) is 1.73. The van der Waals surface area contributed by atoms with Crippen molar-refractivity contribution in [1.29, 1.82) is 5.26 Å². The zero-order valence-electron chi connectivity index (χ0n) is 12.2. The maximum Gasteiger partial charge on any atom is 0.252 e. The van der Waals surface area contributed by atoms with Gasteiger partial charge in [-0.15, -0.1) is 5.10 Å². The lowest BCUT2D eigenvalue weighted by Crippen LogP contribution is -2.35. The molecule has 0 aliphatic carbocycles. The van der Waals surface area contributed by atoms with Crippen molar-refractivity contribution in [3.8, 4) is 11.9 Å². The summed E-state index contributed by atoms with van der Waals surface area (Å²) in [5.74, 6) is 0.836. The first-order valence-corrected chi connectivity index (χ1v) is 6.42. The Morgan fingerprint density at radius 3 is 2.65 bits per heavy atom. The van der Waals surface area contributed by atoms with Crippen molar-refractivity contribution in [3.05, 3.63) is 35.5 Å².